The minimum absolute atomic E-state index is 0.319. The summed E-state index contributed by atoms with van der Waals surface area (Å²) in [5.41, 5.74) is 5.18. The van der Waals surface area contributed by atoms with E-state index in [1.807, 2.05) is 4.90 Å². The van der Waals surface area contributed by atoms with Crippen molar-refractivity contribution in [3.05, 3.63) is 17.5 Å². The van der Waals surface area contributed by atoms with Gasteiger partial charge in [0.25, 0.3) is 0 Å². The van der Waals surface area contributed by atoms with E-state index in [0.29, 0.717) is 30.7 Å². The quantitative estimate of drug-likeness (QED) is 0.778. The molecule has 2 N–H and O–H groups in total. The summed E-state index contributed by atoms with van der Waals surface area (Å²) in [6.07, 6.45) is 2.45. The Bertz CT molecular complexity index is 401. The summed E-state index contributed by atoms with van der Waals surface area (Å²) in [4.78, 5) is 20.9. The maximum Gasteiger partial charge on any atom is 0.248 e. The van der Waals surface area contributed by atoms with E-state index in [1.54, 1.807) is 6.20 Å². The first-order chi connectivity index (χ1) is 7.66. The lowest BCUT2D eigenvalue weighted by Gasteiger charge is -2.31. The molecular weight excluding hydrogens is 232 g/mol. The number of carbonyl (C=O) groups excluding carboxylic acids is 1. The van der Waals surface area contributed by atoms with Crippen LogP contribution in [-0.2, 0) is 9.53 Å². The van der Waals surface area contributed by atoms with Gasteiger partial charge in [-0.25, -0.2) is 4.98 Å². The molecule has 16 heavy (non-hydrogen) atoms. The Morgan fingerprint density at radius 2 is 2.44 bits per heavy atom. The van der Waals surface area contributed by atoms with Gasteiger partial charge < -0.3 is 15.4 Å². The number of carbonyl (C=O) groups is 1. The molecule has 7 heteroatoms. The van der Waals surface area contributed by atoms with Crippen molar-refractivity contribution in [2.24, 2.45) is 5.73 Å². The maximum atomic E-state index is 11.0. The highest BCUT2D eigenvalue weighted by atomic mass is 35.5. The van der Waals surface area contributed by atoms with Gasteiger partial charge in [-0.2, -0.15) is 0 Å². The second kappa shape index (κ2) is 4.63. The summed E-state index contributed by atoms with van der Waals surface area (Å²) in [5.74, 6) is 0.154. The van der Waals surface area contributed by atoms with E-state index in [4.69, 9.17) is 22.1 Å². The molecule has 0 aliphatic carbocycles. The molecule has 86 valence electrons. The molecule has 2 heterocycles. The zero-order valence-electron chi connectivity index (χ0n) is 8.47. The fraction of sp³-hybridized carbons (Fsp3) is 0.444. The average Bonchev–Trinajstić information content (AvgIpc) is 2.29. The lowest BCUT2D eigenvalue weighted by atomic mass is 10.2. The van der Waals surface area contributed by atoms with Gasteiger partial charge in [0.15, 0.2) is 6.10 Å². The smallest absolute Gasteiger partial charge is 0.248 e. The second-order valence-corrected chi connectivity index (χ2v) is 3.80. The number of rotatable bonds is 2. The van der Waals surface area contributed by atoms with Crippen LogP contribution >= 0.6 is 11.6 Å². The number of nitrogens with zero attached hydrogens (tertiary/aromatic N) is 3. The topological polar surface area (TPSA) is 81.3 Å². The van der Waals surface area contributed by atoms with Crippen LogP contribution in [0, 0.1) is 0 Å². The van der Waals surface area contributed by atoms with Gasteiger partial charge in [0.05, 0.1) is 25.5 Å². The number of primary amides is 1. The molecule has 1 aliphatic heterocycles. The highest BCUT2D eigenvalue weighted by Gasteiger charge is 2.25. The zero-order chi connectivity index (χ0) is 11.5. The molecule has 1 aromatic heterocycles. The Balaban J connectivity index is 2.12. The average molecular weight is 243 g/mol. The molecule has 1 aliphatic rings. The number of hydrogen-bond acceptors (Lipinski definition) is 5. The number of halogens is 1. The van der Waals surface area contributed by atoms with Crippen molar-refractivity contribution in [3.63, 3.8) is 0 Å². The Hall–Kier alpha value is -1.40. The van der Waals surface area contributed by atoms with Crippen molar-refractivity contribution in [1.82, 2.24) is 9.97 Å². The van der Waals surface area contributed by atoms with Gasteiger partial charge >= 0.3 is 0 Å². The van der Waals surface area contributed by atoms with E-state index >= 15 is 0 Å². The summed E-state index contributed by atoms with van der Waals surface area (Å²) < 4.78 is 5.22. The highest BCUT2D eigenvalue weighted by molar-refractivity contribution is 6.29. The fourth-order valence-electron chi connectivity index (χ4n) is 1.51. The van der Waals surface area contributed by atoms with Crippen molar-refractivity contribution in [3.8, 4) is 0 Å². The number of amides is 1. The number of morpholine rings is 1. The summed E-state index contributed by atoms with van der Waals surface area (Å²) in [6, 6.07) is 0. The molecule has 0 bridgehead atoms. The van der Waals surface area contributed by atoms with E-state index in [9.17, 15) is 4.79 Å². The molecule has 1 unspecified atom stereocenters. The molecule has 1 saturated heterocycles. The molecule has 1 aromatic rings. The van der Waals surface area contributed by atoms with Crippen LogP contribution in [-0.4, -0.2) is 41.7 Å². The summed E-state index contributed by atoms with van der Waals surface area (Å²) in [5, 5.41) is 0.319. The Morgan fingerprint density at radius 3 is 3.12 bits per heavy atom. The predicted molar refractivity (Wildman–Crippen MR) is 58.2 cm³/mol. The Kier molecular flexibility index (Phi) is 3.21. The normalized spacial score (nSPS) is 20.8. The molecule has 1 amide bonds. The molecule has 2 rings (SSSR count). The van der Waals surface area contributed by atoms with Crippen LogP contribution in [0.5, 0.6) is 0 Å². The summed E-state index contributed by atoms with van der Waals surface area (Å²) in [7, 11) is 0. The third-order valence-corrected chi connectivity index (χ3v) is 2.48. The van der Waals surface area contributed by atoms with Crippen LogP contribution in [0.25, 0.3) is 0 Å². The Labute approximate surface area is 97.4 Å². The van der Waals surface area contributed by atoms with E-state index in [-0.39, 0.29) is 0 Å². The molecule has 0 radical (unpaired) electrons. The molecule has 0 spiro atoms. The van der Waals surface area contributed by atoms with Gasteiger partial charge in [-0.05, 0) is 0 Å². The zero-order valence-corrected chi connectivity index (χ0v) is 9.22. The monoisotopic (exact) mass is 242 g/mol. The van der Waals surface area contributed by atoms with Crippen LogP contribution in [0.2, 0.25) is 5.15 Å². The van der Waals surface area contributed by atoms with Gasteiger partial charge in [-0.15, -0.1) is 0 Å². The van der Waals surface area contributed by atoms with Crippen LogP contribution in [0.3, 0.4) is 0 Å². The van der Waals surface area contributed by atoms with Gasteiger partial charge in [-0.1, -0.05) is 11.6 Å². The van der Waals surface area contributed by atoms with E-state index in [1.165, 1.54) is 6.20 Å². The lowest BCUT2D eigenvalue weighted by molar-refractivity contribution is -0.130. The van der Waals surface area contributed by atoms with E-state index in [2.05, 4.69) is 9.97 Å². The highest BCUT2D eigenvalue weighted by Crippen LogP contribution is 2.15. The standard InChI is InChI=1S/C9H11ClN4O2/c10-7-3-12-4-8(13-7)14-1-2-16-6(5-14)9(11)15/h3-4,6H,1-2,5H2,(H2,11,15). The molecule has 6 nitrogen and oxygen atoms in total. The number of anilines is 1. The minimum atomic E-state index is -0.602. The van der Waals surface area contributed by atoms with Gasteiger partial charge in [0, 0.05) is 6.54 Å². The summed E-state index contributed by atoms with van der Waals surface area (Å²) in [6.45, 7) is 1.45. The van der Waals surface area contributed by atoms with Crippen molar-refractivity contribution in [2.45, 2.75) is 6.10 Å². The van der Waals surface area contributed by atoms with Crippen molar-refractivity contribution >= 4 is 23.3 Å². The maximum absolute atomic E-state index is 11.0. The van der Waals surface area contributed by atoms with Crippen molar-refractivity contribution in [1.29, 1.82) is 0 Å². The number of aromatic nitrogens is 2. The molecule has 1 fully saturated rings. The third-order valence-electron chi connectivity index (χ3n) is 2.30. The van der Waals surface area contributed by atoms with E-state index in [0.717, 1.165) is 0 Å². The number of nitrogens with two attached hydrogens (primary N) is 1. The first-order valence-corrected chi connectivity index (χ1v) is 5.18. The van der Waals surface area contributed by atoms with Crippen molar-refractivity contribution < 1.29 is 9.53 Å². The van der Waals surface area contributed by atoms with Gasteiger partial charge in [0.1, 0.15) is 11.0 Å². The summed E-state index contributed by atoms with van der Waals surface area (Å²) >= 11 is 5.74. The number of ether oxygens (including phenoxy) is 1. The molecule has 1 atom stereocenters. The predicted octanol–water partition coefficient (Wildman–Crippen LogP) is -0.180. The third kappa shape index (κ3) is 2.40. The molecular formula is C9H11ClN4O2. The van der Waals surface area contributed by atoms with Gasteiger partial charge in [-0.3, -0.25) is 9.78 Å². The van der Waals surface area contributed by atoms with Crippen LogP contribution in [0.15, 0.2) is 12.4 Å². The van der Waals surface area contributed by atoms with Crippen LogP contribution < -0.4 is 10.6 Å². The largest absolute Gasteiger partial charge is 0.367 e. The lowest BCUT2D eigenvalue weighted by Crippen LogP contribution is -2.48. The SMILES string of the molecule is NC(=O)C1CN(c2cncc(Cl)n2)CCO1. The first kappa shape index (κ1) is 11.1. The minimum Gasteiger partial charge on any atom is -0.367 e. The van der Waals surface area contributed by atoms with Gasteiger partial charge in [0.2, 0.25) is 5.91 Å². The van der Waals surface area contributed by atoms with Crippen LogP contribution in [0.4, 0.5) is 5.82 Å². The van der Waals surface area contributed by atoms with Crippen molar-refractivity contribution in [2.75, 3.05) is 24.6 Å². The van der Waals surface area contributed by atoms with Crippen LogP contribution in [0.1, 0.15) is 0 Å². The Morgan fingerprint density at radius 1 is 1.62 bits per heavy atom. The van der Waals surface area contributed by atoms with E-state index < -0.39 is 12.0 Å². The molecule has 0 saturated carbocycles. The first-order valence-electron chi connectivity index (χ1n) is 4.80. The fourth-order valence-corrected chi connectivity index (χ4v) is 1.66. The number of hydrogen-bond donors (Lipinski definition) is 1. The second-order valence-electron chi connectivity index (χ2n) is 3.41. The molecule has 0 aromatic carbocycles.